The van der Waals surface area contributed by atoms with E-state index in [4.69, 9.17) is 27.9 Å². The van der Waals surface area contributed by atoms with Crippen molar-refractivity contribution in [2.24, 2.45) is 0 Å². The van der Waals surface area contributed by atoms with Crippen molar-refractivity contribution >= 4 is 40.1 Å². The molecule has 0 amide bonds. The summed E-state index contributed by atoms with van der Waals surface area (Å²) in [4.78, 5) is 28.5. The molecule has 0 spiro atoms. The fourth-order valence-electron chi connectivity index (χ4n) is 2.23. The number of carbonyl (C=O) groups is 1. The van der Waals surface area contributed by atoms with Gasteiger partial charge in [-0.3, -0.25) is 14.2 Å². The molecule has 1 heterocycles. The number of hydrogen-bond acceptors (Lipinski definition) is 4. The number of benzene rings is 2. The molecule has 3 rings (SSSR count). The first-order chi connectivity index (χ1) is 11.6. The second-order valence-corrected chi connectivity index (χ2v) is 5.87. The molecule has 5 nitrogen and oxygen atoms in total. The summed E-state index contributed by atoms with van der Waals surface area (Å²) in [5.74, 6) is -0.579. The van der Waals surface area contributed by atoms with Gasteiger partial charge in [-0.05, 0) is 24.3 Å². The van der Waals surface area contributed by atoms with Crippen LogP contribution in [-0.4, -0.2) is 15.5 Å². The van der Waals surface area contributed by atoms with E-state index in [0.29, 0.717) is 26.5 Å². The van der Waals surface area contributed by atoms with E-state index < -0.39 is 5.97 Å². The van der Waals surface area contributed by atoms with Gasteiger partial charge in [0.25, 0.3) is 5.56 Å². The van der Waals surface area contributed by atoms with E-state index in [0.717, 1.165) is 0 Å². The van der Waals surface area contributed by atoms with Crippen molar-refractivity contribution in [3.05, 3.63) is 74.8 Å². The predicted octanol–water partition coefficient (Wildman–Crippen LogP) is 3.45. The zero-order valence-corrected chi connectivity index (χ0v) is 13.9. The summed E-state index contributed by atoms with van der Waals surface area (Å²) in [7, 11) is 0. The Labute approximate surface area is 147 Å². The summed E-state index contributed by atoms with van der Waals surface area (Å²) in [5.41, 5.74) is 0.807. The highest BCUT2D eigenvalue weighted by atomic mass is 35.5. The SMILES string of the molecule is O=C(Cn1cnc2ccccc2c1=O)OCc1c(Cl)cccc1Cl. The maximum atomic E-state index is 12.3. The van der Waals surface area contributed by atoms with Crippen molar-refractivity contribution in [2.75, 3.05) is 0 Å². The Morgan fingerprint density at radius 1 is 1.08 bits per heavy atom. The van der Waals surface area contributed by atoms with Crippen molar-refractivity contribution in [2.45, 2.75) is 13.2 Å². The average Bonchev–Trinajstić information content (AvgIpc) is 2.57. The first kappa shape index (κ1) is 16.5. The van der Waals surface area contributed by atoms with Gasteiger partial charge in [0.1, 0.15) is 13.2 Å². The van der Waals surface area contributed by atoms with Crippen LogP contribution in [0.25, 0.3) is 10.9 Å². The van der Waals surface area contributed by atoms with Crippen LogP contribution in [0.3, 0.4) is 0 Å². The van der Waals surface area contributed by atoms with Crippen molar-refractivity contribution < 1.29 is 9.53 Å². The topological polar surface area (TPSA) is 61.2 Å². The minimum Gasteiger partial charge on any atom is -0.459 e. The van der Waals surface area contributed by atoms with Gasteiger partial charge in [0.2, 0.25) is 0 Å². The molecule has 2 aromatic carbocycles. The van der Waals surface area contributed by atoms with Crippen LogP contribution >= 0.6 is 23.2 Å². The molecule has 0 bridgehead atoms. The molecule has 0 saturated heterocycles. The van der Waals surface area contributed by atoms with E-state index in [1.54, 1.807) is 42.5 Å². The lowest BCUT2D eigenvalue weighted by Crippen LogP contribution is -2.25. The number of esters is 1. The van der Waals surface area contributed by atoms with E-state index in [1.807, 2.05) is 0 Å². The molecule has 0 N–H and O–H groups in total. The number of aromatic nitrogens is 2. The number of ether oxygens (including phenoxy) is 1. The van der Waals surface area contributed by atoms with Crippen LogP contribution in [-0.2, 0) is 22.7 Å². The standard InChI is InChI=1S/C17H12Cl2N2O3/c18-13-5-3-6-14(19)12(13)9-24-16(22)8-21-10-20-15-7-2-1-4-11(15)17(21)23/h1-7,10H,8-9H2. The zero-order valence-electron chi connectivity index (χ0n) is 12.4. The normalized spacial score (nSPS) is 10.8. The fourth-order valence-corrected chi connectivity index (χ4v) is 2.73. The Morgan fingerprint density at radius 2 is 1.79 bits per heavy atom. The molecule has 0 aliphatic rings. The Bertz CT molecular complexity index is 949. The summed E-state index contributed by atoms with van der Waals surface area (Å²) in [6.07, 6.45) is 1.33. The molecule has 0 aliphatic heterocycles. The van der Waals surface area contributed by atoms with E-state index in [1.165, 1.54) is 10.9 Å². The van der Waals surface area contributed by atoms with Crippen LogP contribution in [0, 0.1) is 0 Å². The van der Waals surface area contributed by atoms with Crippen LogP contribution in [0.4, 0.5) is 0 Å². The van der Waals surface area contributed by atoms with Crippen molar-refractivity contribution in [3.8, 4) is 0 Å². The van der Waals surface area contributed by atoms with Gasteiger partial charge in [0.05, 0.1) is 17.2 Å². The third-order valence-electron chi connectivity index (χ3n) is 3.47. The van der Waals surface area contributed by atoms with Gasteiger partial charge in [0.15, 0.2) is 0 Å². The summed E-state index contributed by atoms with van der Waals surface area (Å²) in [6.45, 7) is -0.300. The van der Waals surface area contributed by atoms with Crippen molar-refractivity contribution in [1.29, 1.82) is 0 Å². The molecule has 0 saturated carbocycles. The molecule has 0 atom stereocenters. The highest BCUT2D eigenvalue weighted by Crippen LogP contribution is 2.24. The van der Waals surface area contributed by atoms with Gasteiger partial charge in [-0.2, -0.15) is 0 Å². The minimum absolute atomic E-state index is 0.0624. The van der Waals surface area contributed by atoms with E-state index in [9.17, 15) is 9.59 Å². The molecule has 0 unspecified atom stereocenters. The lowest BCUT2D eigenvalue weighted by Gasteiger charge is -2.09. The summed E-state index contributed by atoms with van der Waals surface area (Å²) in [6, 6.07) is 12.0. The number of carbonyl (C=O) groups excluding carboxylic acids is 1. The third kappa shape index (κ3) is 3.42. The maximum Gasteiger partial charge on any atom is 0.326 e. The molecular weight excluding hydrogens is 351 g/mol. The van der Waals surface area contributed by atoms with Gasteiger partial charge in [-0.15, -0.1) is 0 Å². The highest BCUT2D eigenvalue weighted by Gasteiger charge is 2.11. The number of halogens is 2. The van der Waals surface area contributed by atoms with Gasteiger partial charge in [0, 0.05) is 15.6 Å². The second kappa shape index (κ2) is 7.03. The van der Waals surface area contributed by atoms with Crippen LogP contribution in [0.1, 0.15) is 5.56 Å². The number of fused-ring (bicyclic) bond motifs is 1. The molecule has 7 heteroatoms. The Morgan fingerprint density at radius 3 is 2.54 bits per heavy atom. The maximum absolute atomic E-state index is 12.3. The number of hydrogen-bond donors (Lipinski definition) is 0. The molecule has 1 aromatic heterocycles. The second-order valence-electron chi connectivity index (χ2n) is 5.06. The van der Waals surface area contributed by atoms with Crippen molar-refractivity contribution in [3.63, 3.8) is 0 Å². The lowest BCUT2D eigenvalue weighted by atomic mass is 10.2. The zero-order chi connectivity index (χ0) is 17.1. The lowest BCUT2D eigenvalue weighted by molar-refractivity contribution is -0.145. The fraction of sp³-hybridized carbons (Fsp3) is 0.118. The Kier molecular flexibility index (Phi) is 4.83. The Balaban J connectivity index is 1.74. The number of rotatable bonds is 4. The van der Waals surface area contributed by atoms with Crippen LogP contribution in [0.5, 0.6) is 0 Å². The molecule has 0 radical (unpaired) electrons. The average molecular weight is 363 g/mol. The molecule has 0 fully saturated rings. The Hall–Kier alpha value is -2.37. The van der Waals surface area contributed by atoms with E-state index in [2.05, 4.69) is 4.98 Å². The van der Waals surface area contributed by atoms with E-state index >= 15 is 0 Å². The first-order valence-electron chi connectivity index (χ1n) is 7.09. The first-order valence-corrected chi connectivity index (χ1v) is 7.84. The van der Waals surface area contributed by atoms with Gasteiger partial charge >= 0.3 is 5.97 Å². The van der Waals surface area contributed by atoms with Crippen LogP contribution in [0.2, 0.25) is 10.0 Å². The number of para-hydroxylation sites is 1. The monoisotopic (exact) mass is 362 g/mol. The predicted molar refractivity (Wildman–Crippen MR) is 92.3 cm³/mol. The van der Waals surface area contributed by atoms with Gasteiger partial charge in [-0.25, -0.2) is 4.98 Å². The van der Waals surface area contributed by atoms with Crippen LogP contribution < -0.4 is 5.56 Å². The summed E-state index contributed by atoms with van der Waals surface area (Å²) < 4.78 is 6.37. The quantitative estimate of drug-likeness (QED) is 0.667. The smallest absolute Gasteiger partial charge is 0.326 e. The molecular formula is C17H12Cl2N2O3. The van der Waals surface area contributed by atoms with Gasteiger partial charge in [-0.1, -0.05) is 41.4 Å². The molecule has 24 heavy (non-hydrogen) atoms. The molecule has 122 valence electrons. The van der Waals surface area contributed by atoms with Gasteiger partial charge < -0.3 is 4.74 Å². The number of nitrogens with zero attached hydrogens (tertiary/aromatic N) is 2. The minimum atomic E-state index is -0.579. The van der Waals surface area contributed by atoms with Crippen LogP contribution in [0.15, 0.2) is 53.6 Å². The van der Waals surface area contributed by atoms with Crippen molar-refractivity contribution in [1.82, 2.24) is 9.55 Å². The summed E-state index contributed by atoms with van der Waals surface area (Å²) in [5, 5.41) is 1.28. The third-order valence-corrected chi connectivity index (χ3v) is 4.18. The highest BCUT2D eigenvalue weighted by molar-refractivity contribution is 6.35. The molecule has 0 aliphatic carbocycles. The summed E-state index contributed by atoms with van der Waals surface area (Å²) >= 11 is 12.0. The van der Waals surface area contributed by atoms with E-state index in [-0.39, 0.29) is 18.7 Å². The molecule has 3 aromatic rings. The largest absolute Gasteiger partial charge is 0.459 e.